The van der Waals surface area contributed by atoms with E-state index in [0.29, 0.717) is 19.3 Å². The summed E-state index contributed by atoms with van der Waals surface area (Å²) in [6.45, 7) is 7.10. The number of amides is 1. The molecule has 148 valence electrons. The number of fused-ring (bicyclic) bond motifs is 1. The van der Waals surface area contributed by atoms with Gasteiger partial charge < -0.3 is 19.5 Å². The molecule has 0 aromatic heterocycles. The second kappa shape index (κ2) is 7.24. The summed E-state index contributed by atoms with van der Waals surface area (Å²) in [5, 5.41) is 10.1. The summed E-state index contributed by atoms with van der Waals surface area (Å²) in [5.41, 5.74) is -0.523. The Morgan fingerprint density at radius 2 is 2.00 bits per heavy atom. The van der Waals surface area contributed by atoms with Gasteiger partial charge >= 0.3 is 5.97 Å². The average molecular weight is 375 g/mol. The van der Waals surface area contributed by atoms with Crippen molar-refractivity contribution in [1.29, 1.82) is 0 Å². The standard InChI is InChI=1S/C21H29NO5/c1-5-21-12-11-15(19(25)27-20(2,3)4)18(24)22(21)16(13-23)17(26-21)14-9-7-6-8-10-14/h6-10,15-17,23H,5,11-13H2,1-4H3/t15?,16-,17-,21+/m0/s1. The Kier molecular flexibility index (Phi) is 5.32. The molecule has 6 nitrogen and oxygen atoms in total. The summed E-state index contributed by atoms with van der Waals surface area (Å²) in [4.78, 5) is 27.5. The monoisotopic (exact) mass is 375 g/mol. The smallest absolute Gasteiger partial charge is 0.319 e. The number of benzene rings is 1. The van der Waals surface area contributed by atoms with Crippen LogP contribution < -0.4 is 0 Å². The van der Waals surface area contributed by atoms with Crippen LogP contribution in [0.5, 0.6) is 0 Å². The maximum absolute atomic E-state index is 13.3. The summed E-state index contributed by atoms with van der Waals surface area (Å²) >= 11 is 0. The highest BCUT2D eigenvalue weighted by Gasteiger charge is 2.59. The van der Waals surface area contributed by atoms with Gasteiger partial charge in [0.05, 0.1) is 12.6 Å². The van der Waals surface area contributed by atoms with Crippen molar-refractivity contribution in [3.8, 4) is 0 Å². The molecule has 4 atom stereocenters. The van der Waals surface area contributed by atoms with Crippen molar-refractivity contribution in [2.75, 3.05) is 6.61 Å². The van der Waals surface area contributed by atoms with E-state index in [1.807, 2.05) is 37.3 Å². The second-order valence-corrected chi connectivity index (χ2v) is 8.33. The molecule has 2 fully saturated rings. The van der Waals surface area contributed by atoms with E-state index < -0.39 is 35.4 Å². The third-order valence-corrected chi connectivity index (χ3v) is 5.38. The minimum Gasteiger partial charge on any atom is -0.459 e. The molecule has 2 heterocycles. The molecular weight excluding hydrogens is 346 g/mol. The normalized spacial score (nSPS) is 30.9. The Labute approximate surface area is 160 Å². The molecular formula is C21H29NO5. The Morgan fingerprint density at radius 3 is 2.56 bits per heavy atom. The molecule has 0 aliphatic carbocycles. The molecule has 2 saturated heterocycles. The van der Waals surface area contributed by atoms with E-state index in [-0.39, 0.29) is 12.5 Å². The molecule has 1 N–H and O–H groups in total. The van der Waals surface area contributed by atoms with Crippen LogP contribution in [0.25, 0.3) is 0 Å². The van der Waals surface area contributed by atoms with E-state index >= 15 is 0 Å². The van der Waals surface area contributed by atoms with Gasteiger partial charge in [0, 0.05) is 0 Å². The number of piperidine rings is 1. The maximum atomic E-state index is 13.3. The lowest BCUT2D eigenvalue weighted by atomic mass is 9.87. The highest BCUT2D eigenvalue weighted by Crippen LogP contribution is 2.49. The average Bonchev–Trinajstić information content (AvgIpc) is 2.97. The number of carbonyl (C=O) groups excluding carboxylic acids is 2. The Bertz CT molecular complexity index is 698. The number of aliphatic hydroxyl groups is 1. The second-order valence-electron chi connectivity index (χ2n) is 8.33. The summed E-state index contributed by atoms with van der Waals surface area (Å²) in [6.07, 6.45) is 1.11. The fraction of sp³-hybridized carbons (Fsp3) is 0.619. The van der Waals surface area contributed by atoms with Crippen molar-refractivity contribution in [2.45, 2.75) is 70.4 Å². The number of ether oxygens (including phenoxy) is 2. The zero-order valence-corrected chi connectivity index (χ0v) is 16.5. The molecule has 0 bridgehead atoms. The minimum atomic E-state index is -0.851. The lowest BCUT2D eigenvalue weighted by molar-refractivity contribution is -0.183. The van der Waals surface area contributed by atoms with Gasteiger partial charge in [0.1, 0.15) is 23.3 Å². The van der Waals surface area contributed by atoms with E-state index in [1.54, 1.807) is 25.7 Å². The van der Waals surface area contributed by atoms with Gasteiger partial charge in [-0.15, -0.1) is 0 Å². The fourth-order valence-corrected chi connectivity index (χ4v) is 4.15. The van der Waals surface area contributed by atoms with Crippen LogP contribution in [-0.2, 0) is 19.1 Å². The number of hydrogen-bond acceptors (Lipinski definition) is 5. The van der Waals surface area contributed by atoms with Gasteiger partial charge in [0.25, 0.3) is 0 Å². The van der Waals surface area contributed by atoms with Crippen LogP contribution in [0, 0.1) is 5.92 Å². The van der Waals surface area contributed by atoms with Crippen LogP contribution in [0.1, 0.15) is 58.6 Å². The Balaban J connectivity index is 1.92. The third-order valence-electron chi connectivity index (χ3n) is 5.38. The van der Waals surface area contributed by atoms with Crippen LogP contribution in [0.15, 0.2) is 30.3 Å². The molecule has 2 aliphatic heterocycles. The van der Waals surface area contributed by atoms with Crippen molar-refractivity contribution in [3.05, 3.63) is 35.9 Å². The molecule has 1 amide bonds. The summed E-state index contributed by atoms with van der Waals surface area (Å²) in [5.74, 6) is -1.66. The van der Waals surface area contributed by atoms with Gasteiger partial charge in [-0.2, -0.15) is 0 Å². The quantitative estimate of drug-likeness (QED) is 0.647. The molecule has 0 spiro atoms. The minimum absolute atomic E-state index is 0.228. The van der Waals surface area contributed by atoms with Crippen molar-refractivity contribution in [2.24, 2.45) is 5.92 Å². The largest absolute Gasteiger partial charge is 0.459 e. The highest BCUT2D eigenvalue weighted by atomic mass is 16.6. The topological polar surface area (TPSA) is 76.1 Å². The summed E-state index contributed by atoms with van der Waals surface area (Å²) in [6, 6.07) is 9.09. The number of esters is 1. The van der Waals surface area contributed by atoms with Crippen LogP contribution in [0.2, 0.25) is 0 Å². The van der Waals surface area contributed by atoms with Gasteiger partial charge in [0.2, 0.25) is 5.91 Å². The SMILES string of the molecule is CC[C@@]12CCC(C(=O)OC(C)(C)C)C(=O)N1[C@@H](CO)[C@H](c1ccccc1)O2. The Hall–Kier alpha value is -1.92. The highest BCUT2D eigenvalue weighted by molar-refractivity contribution is 5.99. The first-order valence-corrected chi connectivity index (χ1v) is 9.62. The third kappa shape index (κ3) is 3.60. The molecule has 0 radical (unpaired) electrons. The van der Waals surface area contributed by atoms with Crippen LogP contribution in [0.3, 0.4) is 0 Å². The van der Waals surface area contributed by atoms with Gasteiger partial charge in [0.15, 0.2) is 0 Å². The molecule has 6 heteroatoms. The number of rotatable bonds is 4. The molecule has 3 rings (SSSR count). The molecule has 2 aliphatic rings. The van der Waals surface area contributed by atoms with Crippen LogP contribution >= 0.6 is 0 Å². The number of hydrogen-bond donors (Lipinski definition) is 1. The number of nitrogens with zero attached hydrogens (tertiary/aromatic N) is 1. The predicted octanol–water partition coefficient (Wildman–Crippen LogP) is 2.81. The van der Waals surface area contributed by atoms with Crippen molar-refractivity contribution >= 4 is 11.9 Å². The molecule has 1 aromatic rings. The molecule has 1 aromatic carbocycles. The summed E-state index contributed by atoms with van der Waals surface area (Å²) in [7, 11) is 0. The van der Waals surface area contributed by atoms with E-state index in [0.717, 1.165) is 5.56 Å². The summed E-state index contributed by atoms with van der Waals surface area (Å²) < 4.78 is 11.8. The van der Waals surface area contributed by atoms with E-state index in [1.165, 1.54) is 0 Å². The van der Waals surface area contributed by atoms with E-state index in [4.69, 9.17) is 9.47 Å². The lowest BCUT2D eigenvalue weighted by Gasteiger charge is -2.44. The van der Waals surface area contributed by atoms with E-state index in [2.05, 4.69) is 0 Å². The number of carbonyl (C=O) groups is 2. The van der Waals surface area contributed by atoms with Crippen LogP contribution in [0.4, 0.5) is 0 Å². The fourth-order valence-electron chi connectivity index (χ4n) is 4.15. The lowest BCUT2D eigenvalue weighted by Crippen LogP contribution is -2.59. The zero-order chi connectivity index (χ0) is 19.8. The maximum Gasteiger partial charge on any atom is 0.319 e. The van der Waals surface area contributed by atoms with Gasteiger partial charge in [-0.3, -0.25) is 9.59 Å². The van der Waals surface area contributed by atoms with Crippen molar-refractivity contribution < 1.29 is 24.2 Å². The molecule has 1 unspecified atom stereocenters. The van der Waals surface area contributed by atoms with Crippen molar-refractivity contribution in [1.82, 2.24) is 4.90 Å². The van der Waals surface area contributed by atoms with Gasteiger partial charge in [-0.05, 0) is 45.6 Å². The molecule has 0 saturated carbocycles. The first kappa shape index (κ1) is 19.8. The Morgan fingerprint density at radius 1 is 1.33 bits per heavy atom. The number of aliphatic hydroxyl groups excluding tert-OH is 1. The van der Waals surface area contributed by atoms with Gasteiger partial charge in [-0.1, -0.05) is 37.3 Å². The molecule has 27 heavy (non-hydrogen) atoms. The van der Waals surface area contributed by atoms with E-state index in [9.17, 15) is 14.7 Å². The first-order chi connectivity index (χ1) is 12.7. The predicted molar refractivity (Wildman–Crippen MR) is 99.6 cm³/mol. The van der Waals surface area contributed by atoms with Crippen LogP contribution in [-0.4, -0.2) is 45.9 Å². The first-order valence-electron chi connectivity index (χ1n) is 9.62. The van der Waals surface area contributed by atoms with Crippen molar-refractivity contribution in [3.63, 3.8) is 0 Å². The van der Waals surface area contributed by atoms with Gasteiger partial charge in [-0.25, -0.2) is 0 Å². The zero-order valence-electron chi connectivity index (χ0n) is 16.5.